The Bertz CT molecular complexity index is 314. The first-order valence-electron chi connectivity index (χ1n) is 4.30. The first-order valence-corrected chi connectivity index (χ1v) is 5.50. The van der Waals surface area contributed by atoms with Crippen LogP contribution in [0, 0.1) is 0 Å². The van der Waals surface area contributed by atoms with Gasteiger partial charge < -0.3 is 10.2 Å². The Morgan fingerprint density at radius 1 is 1.64 bits per heavy atom. The molecule has 0 aliphatic carbocycles. The van der Waals surface area contributed by atoms with Gasteiger partial charge in [0.1, 0.15) is 0 Å². The van der Waals surface area contributed by atoms with E-state index in [0.717, 1.165) is 6.54 Å². The summed E-state index contributed by atoms with van der Waals surface area (Å²) in [6, 6.07) is 3.50. The van der Waals surface area contributed by atoms with Crippen molar-refractivity contribution in [3.63, 3.8) is 0 Å². The van der Waals surface area contributed by atoms with Crippen LogP contribution >= 0.6 is 22.9 Å². The number of likely N-dealkylation sites (N-methyl/N-ethyl adjacent to an activating group) is 2. The third-order valence-corrected chi connectivity index (χ3v) is 3.05. The van der Waals surface area contributed by atoms with E-state index in [1.165, 1.54) is 11.3 Å². The minimum Gasteiger partial charge on any atom is -0.340 e. The Balaban J connectivity index is 2.56. The monoisotopic (exact) mass is 232 g/mol. The van der Waals surface area contributed by atoms with Crippen molar-refractivity contribution in [1.82, 2.24) is 10.2 Å². The number of nitrogens with one attached hydrogen (secondary N) is 1. The molecule has 1 aromatic rings. The Kier molecular flexibility index (Phi) is 4.38. The number of nitrogens with zero attached hydrogens (tertiary/aromatic N) is 1. The fourth-order valence-electron chi connectivity index (χ4n) is 0.998. The molecule has 1 heterocycles. The van der Waals surface area contributed by atoms with Crippen molar-refractivity contribution in [2.24, 2.45) is 0 Å². The normalized spacial score (nSPS) is 10.2. The average Bonchev–Trinajstić information content (AvgIpc) is 2.60. The molecule has 0 bridgehead atoms. The van der Waals surface area contributed by atoms with E-state index in [-0.39, 0.29) is 5.91 Å². The molecule has 0 atom stereocenters. The van der Waals surface area contributed by atoms with Crippen LogP contribution in [0.25, 0.3) is 0 Å². The van der Waals surface area contributed by atoms with Crippen LogP contribution in [-0.2, 0) is 0 Å². The first-order chi connectivity index (χ1) is 6.65. The third-order valence-electron chi connectivity index (χ3n) is 1.83. The van der Waals surface area contributed by atoms with Crippen LogP contribution < -0.4 is 5.32 Å². The molecule has 78 valence electrons. The Labute approximate surface area is 92.7 Å². The second-order valence-corrected chi connectivity index (χ2v) is 4.65. The molecule has 14 heavy (non-hydrogen) atoms. The molecule has 1 rings (SSSR count). The van der Waals surface area contributed by atoms with Gasteiger partial charge in [-0.2, -0.15) is 0 Å². The lowest BCUT2D eigenvalue weighted by Gasteiger charge is -2.15. The van der Waals surface area contributed by atoms with Crippen LogP contribution in [0.1, 0.15) is 9.67 Å². The lowest BCUT2D eigenvalue weighted by Crippen LogP contribution is -2.32. The van der Waals surface area contributed by atoms with Gasteiger partial charge in [0.15, 0.2) is 0 Å². The van der Waals surface area contributed by atoms with Gasteiger partial charge in [-0.05, 0) is 19.2 Å². The van der Waals surface area contributed by atoms with Crippen molar-refractivity contribution >= 4 is 28.8 Å². The summed E-state index contributed by atoms with van der Waals surface area (Å²) in [6.45, 7) is 1.49. The van der Waals surface area contributed by atoms with E-state index in [1.807, 2.05) is 7.05 Å². The molecule has 0 saturated carbocycles. The Morgan fingerprint density at radius 3 is 2.86 bits per heavy atom. The lowest BCUT2D eigenvalue weighted by atomic mass is 10.4. The van der Waals surface area contributed by atoms with Crippen LogP contribution in [0.15, 0.2) is 12.1 Å². The van der Waals surface area contributed by atoms with Crippen LogP contribution in [0.4, 0.5) is 0 Å². The average molecular weight is 233 g/mol. The summed E-state index contributed by atoms with van der Waals surface area (Å²) in [7, 11) is 3.65. The van der Waals surface area contributed by atoms with Gasteiger partial charge in [-0.3, -0.25) is 4.79 Å². The van der Waals surface area contributed by atoms with Crippen molar-refractivity contribution in [2.75, 3.05) is 27.2 Å². The highest BCUT2D eigenvalue weighted by atomic mass is 35.5. The van der Waals surface area contributed by atoms with Gasteiger partial charge in [0, 0.05) is 20.1 Å². The number of carbonyl (C=O) groups is 1. The predicted molar refractivity (Wildman–Crippen MR) is 60.2 cm³/mol. The van der Waals surface area contributed by atoms with Gasteiger partial charge in [0.2, 0.25) is 0 Å². The maximum absolute atomic E-state index is 11.7. The van der Waals surface area contributed by atoms with Crippen LogP contribution in [0.3, 0.4) is 0 Å². The smallest absolute Gasteiger partial charge is 0.263 e. The molecule has 0 radical (unpaired) electrons. The van der Waals surface area contributed by atoms with Gasteiger partial charge in [-0.25, -0.2) is 0 Å². The van der Waals surface area contributed by atoms with Gasteiger partial charge in [-0.15, -0.1) is 11.3 Å². The molecule has 0 spiro atoms. The summed E-state index contributed by atoms with van der Waals surface area (Å²) in [5, 5.41) is 2.99. The van der Waals surface area contributed by atoms with Crippen molar-refractivity contribution in [3.05, 3.63) is 21.3 Å². The minimum atomic E-state index is 0.0251. The summed E-state index contributed by atoms with van der Waals surface area (Å²) in [6.07, 6.45) is 0. The summed E-state index contributed by atoms with van der Waals surface area (Å²) in [4.78, 5) is 14.1. The number of hydrogen-bond donors (Lipinski definition) is 1. The Morgan fingerprint density at radius 2 is 2.36 bits per heavy atom. The fourth-order valence-corrected chi connectivity index (χ4v) is 2.04. The largest absolute Gasteiger partial charge is 0.340 e. The zero-order valence-electron chi connectivity index (χ0n) is 8.21. The highest BCUT2D eigenvalue weighted by Crippen LogP contribution is 2.22. The maximum atomic E-state index is 11.7. The molecular weight excluding hydrogens is 220 g/mol. The van der Waals surface area contributed by atoms with Crippen LogP contribution in [0.5, 0.6) is 0 Å². The Hall–Kier alpha value is -0.580. The van der Waals surface area contributed by atoms with Gasteiger partial charge in [0.25, 0.3) is 5.91 Å². The SMILES string of the molecule is CNCCN(C)C(=O)c1ccc(Cl)s1. The lowest BCUT2D eigenvalue weighted by molar-refractivity contribution is 0.0801. The molecule has 5 heteroatoms. The second kappa shape index (κ2) is 5.34. The molecule has 0 aliphatic heterocycles. The second-order valence-electron chi connectivity index (χ2n) is 2.93. The highest BCUT2D eigenvalue weighted by Gasteiger charge is 2.12. The molecule has 0 saturated heterocycles. The molecule has 1 amide bonds. The summed E-state index contributed by atoms with van der Waals surface area (Å²) < 4.78 is 0.648. The van der Waals surface area contributed by atoms with E-state index in [1.54, 1.807) is 24.1 Å². The topological polar surface area (TPSA) is 32.3 Å². The zero-order valence-corrected chi connectivity index (χ0v) is 9.78. The van der Waals surface area contributed by atoms with E-state index >= 15 is 0 Å². The molecule has 0 aliphatic rings. The number of rotatable bonds is 4. The summed E-state index contributed by atoms with van der Waals surface area (Å²) in [5.41, 5.74) is 0. The number of thiophene rings is 1. The number of halogens is 1. The standard InChI is InChI=1S/C9H13ClN2OS/c1-11-5-6-12(2)9(13)7-3-4-8(10)14-7/h3-4,11H,5-6H2,1-2H3. The van der Waals surface area contributed by atoms with E-state index in [4.69, 9.17) is 11.6 Å². The number of amides is 1. The summed E-state index contributed by atoms with van der Waals surface area (Å²) >= 11 is 7.06. The molecular formula is C9H13ClN2OS. The molecule has 1 aromatic heterocycles. The number of carbonyl (C=O) groups excluding carboxylic acids is 1. The van der Waals surface area contributed by atoms with Crippen molar-refractivity contribution in [3.8, 4) is 0 Å². The van der Waals surface area contributed by atoms with Gasteiger partial charge in [0.05, 0.1) is 9.21 Å². The molecule has 3 nitrogen and oxygen atoms in total. The van der Waals surface area contributed by atoms with E-state index in [2.05, 4.69) is 5.32 Å². The third kappa shape index (κ3) is 2.97. The number of hydrogen-bond acceptors (Lipinski definition) is 3. The first kappa shape index (κ1) is 11.5. The van der Waals surface area contributed by atoms with Crippen molar-refractivity contribution < 1.29 is 4.79 Å². The molecule has 0 unspecified atom stereocenters. The molecule has 1 N–H and O–H groups in total. The van der Waals surface area contributed by atoms with E-state index in [0.29, 0.717) is 15.8 Å². The zero-order chi connectivity index (χ0) is 10.6. The molecule has 0 aromatic carbocycles. The van der Waals surface area contributed by atoms with Crippen LogP contribution in [0.2, 0.25) is 4.34 Å². The van der Waals surface area contributed by atoms with Gasteiger partial charge >= 0.3 is 0 Å². The maximum Gasteiger partial charge on any atom is 0.263 e. The van der Waals surface area contributed by atoms with Gasteiger partial charge in [-0.1, -0.05) is 11.6 Å². The summed E-state index contributed by atoms with van der Waals surface area (Å²) in [5.74, 6) is 0.0251. The molecule has 0 fully saturated rings. The predicted octanol–water partition coefficient (Wildman–Crippen LogP) is 1.69. The fraction of sp³-hybridized carbons (Fsp3) is 0.444. The van der Waals surface area contributed by atoms with E-state index in [9.17, 15) is 4.79 Å². The van der Waals surface area contributed by atoms with Crippen molar-refractivity contribution in [1.29, 1.82) is 0 Å². The minimum absolute atomic E-state index is 0.0251. The van der Waals surface area contributed by atoms with Crippen molar-refractivity contribution in [2.45, 2.75) is 0 Å². The van der Waals surface area contributed by atoms with Crippen LogP contribution in [-0.4, -0.2) is 38.0 Å². The quantitative estimate of drug-likeness (QED) is 0.857. The van der Waals surface area contributed by atoms with E-state index < -0.39 is 0 Å². The highest BCUT2D eigenvalue weighted by molar-refractivity contribution is 7.17.